The van der Waals surface area contributed by atoms with E-state index in [9.17, 15) is 4.79 Å². The van der Waals surface area contributed by atoms with Crippen molar-refractivity contribution in [2.24, 2.45) is 5.73 Å². The number of halogens is 2. The highest BCUT2D eigenvalue weighted by Gasteiger charge is 2.21. The highest BCUT2D eigenvalue weighted by Crippen LogP contribution is 2.29. The Bertz CT molecular complexity index is 994. The minimum atomic E-state index is -0.125. The zero-order valence-electron chi connectivity index (χ0n) is 20.7. The van der Waals surface area contributed by atoms with E-state index in [4.69, 9.17) is 21.7 Å². The molecule has 1 saturated heterocycles. The zero-order valence-corrected chi connectivity index (χ0v) is 22.3. The van der Waals surface area contributed by atoms with Gasteiger partial charge in [-0.3, -0.25) is 15.6 Å². The molecule has 36 heavy (non-hydrogen) atoms. The smallest absolute Gasteiger partial charge is 0.243 e. The van der Waals surface area contributed by atoms with Crippen molar-refractivity contribution in [2.75, 3.05) is 43.0 Å². The Morgan fingerprint density at radius 3 is 2.36 bits per heavy atom. The second kappa shape index (κ2) is 15.3. The highest BCUT2D eigenvalue weighted by molar-refractivity contribution is 5.97. The maximum Gasteiger partial charge on any atom is 0.243 e. The molecule has 6 N–H and O–H groups in total. The van der Waals surface area contributed by atoms with Crippen molar-refractivity contribution in [1.29, 1.82) is 10.8 Å². The fourth-order valence-electron chi connectivity index (χ4n) is 4.34. The number of carbonyl (C=O) groups is 1. The molecule has 0 spiro atoms. The first kappa shape index (κ1) is 31.2. The van der Waals surface area contributed by atoms with Crippen molar-refractivity contribution in [3.63, 3.8) is 0 Å². The first-order valence-corrected chi connectivity index (χ1v) is 11.9. The van der Waals surface area contributed by atoms with E-state index in [1.807, 2.05) is 42.2 Å². The van der Waals surface area contributed by atoms with Crippen LogP contribution in [0.15, 0.2) is 48.5 Å². The van der Waals surface area contributed by atoms with E-state index in [0.717, 1.165) is 43.7 Å². The molecular formula is C26H38Cl2N6O2. The van der Waals surface area contributed by atoms with Gasteiger partial charge in [-0.25, -0.2) is 0 Å². The first-order valence-electron chi connectivity index (χ1n) is 11.9. The molecule has 2 aromatic carbocycles. The average molecular weight is 538 g/mol. The summed E-state index contributed by atoms with van der Waals surface area (Å²) < 4.78 is 0. The van der Waals surface area contributed by atoms with Crippen LogP contribution in [0.2, 0.25) is 0 Å². The Balaban J connectivity index is 0.00000324. The van der Waals surface area contributed by atoms with Gasteiger partial charge in [0.1, 0.15) is 5.84 Å². The van der Waals surface area contributed by atoms with E-state index in [1.54, 1.807) is 6.07 Å². The fourth-order valence-corrected chi connectivity index (χ4v) is 4.34. The van der Waals surface area contributed by atoms with E-state index >= 15 is 0 Å². The van der Waals surface area contributed by atoms with Gasteiger partial charge in [-0.1, -0.05) is 24.3 Å². The number of nitrogens with zero attached hydrogens (tertiary/aromatic N) is 2. The topological polar surface area (TPSA) is 130 Å². The minimum Gasteiger partial charge on any atom is -0.396 e. The van der Waals surface area contributed by atoms with Gasteiger partial charge in [-0.15, -0.1) is 24.8 Å². The Hall–Kier alpha value is -2.81. The number of unbranched alkanes of at least 4 members (excludes halogenated alkanes) is 1. The summed E-state index contributed by atoms with van der Waals surface area (Å²) in [5.41, 5.74) is 9.10. The molecule has 2 aromatic rings. The summed E-state index contributed by atoms with van der Waals surface area (Å²) in [7, 11) is 0. The number of carbonyl (C=O) groups excluding carboxylic acids is 1. The molecule has 10 heteroatoms. The molecule has 1 aliphatic rings. The number of nitrogens with one attached hydrogen (secondary N) is 3. The van der Waals surface area contributed by atoms with Crippen molar-refractivity contribution in [2.45, 2.75) is 38.5 Å². The standard InChI is InChI=1S/C26H36N6O2.2ClH/c1-19(27)31-14-11-21(12-15-31)20-7-9-23(10-8-20)30-25(34)18-32(13-2-3-16-33)24-6-4-5-22(17-24)26(28)29;;/h4-10,17,21,27,33H,2-3,11-16,18H2,1H3,(H3,28,29)(H,30,34);2*1H. The maximum atomic E-state index is 12.8. The third-order valence-corrected chi connectivity index (χ3v) is 6.33. The third kappa shape index (κ3) is 9.00. The number of amidine groups is 2. The molecule has 0 radical (unpaired) electrons. The van der Waals surface area contributed by atoms with Crippen LogP contribution in [0, 0.1) is 10.8 Å². The number of benzene rings is 2. The summed E-state index contributed by atoms with van der Waals surface area (Å²) in [6, 6.07) is 15.4. The highest BCUT2D eigenvalue weighted by atomic mass is 35.5. The molecule has 198 valence electrons. The second-order valence-electron chi connectivity index (χ2n) is 8.83. The number of nitrogens with two attached hydrogens (primary N) is 1. The molecule has 3 rings (SSSR count). The number of rotatable bonds is 10. The van der Waals surface area contributed by atoms with E-state index < -0.39 is 0 Å². The molecule has 0 atom stereocenters. The van der Waals surface area contributed by atoms with Crippen LogP contribution in [-0.2, 0) is 4.79 Å². The van der Waals surface area contributed by atoms with Crippen molar-refractivity contribution in [1.82, 2.24) is 4.90 Å². The summed E-state index contributed by atoms with van der Waals surface area (Å²) in [5, 5.41) is 27.6. The molecule has 1 fully saturated rings. The number of aliphatic hydroxyl groups excluding tert-OH is 1. The van der Waals surface area contributed by atoms with Gasteiger partial charge in [0.2, 0.25) is 5.91 Å². The Morgan fingerprint density at radius 1 is 1.11 bits per heavy atom. The molecule has 0 bridgehead atoms. The normalized spacial score (nSPS) is 13.2. The van der Waals surface area contributed by atoms with Gasteiger partial charge in [-0.05, 0) is 68.4 Å². The lowest BCUT2D eigenvalue weighted by atomic mass is 9.89. The maximum absolute atomic E-state index is 12.8. The first-order chi connectivity index (χ1) is 16.4. The van der Waals surface area contributed by atoms with Crippen molar-refractivity contribution in [3.05, 3.63) is 59.7 Å². The van der Waals surface area contributed by atoms with Crippen LogP contribution in [0.25, 0.3) is 0 Å². The molecule has 0 saturated carbocycles. The lowest BCUT2D eigenvalue weighted by Crippen LogP contribution is -2.36. The quantitative estimate of drug-likeness (QED) is 0.176. The number of hydrogen-bond acceptors (Lipinski definition) is 5. The van der Waals surface area contributed by atoms with Crippen LogP contribution in [0.4, 0.5) is 11.4 Å². The van der Waals surface area contributed by atoms with Crippen LogP contribution < -0.4 is 16.0 Å². The predicted molar refractivity (Wildman–Crippen MR) is 153 cm³/mol. The lowest BCUT2D eigenvalue weighted by Gasteiger charge is -2.33. The van der Waals surface area contributed by atoms with Crippen molar-refractivity contribution in [3.8, 4) is 0 Å². The number of anilines is 2. The average Bonchev–Trinajstić information content (AvgIpc) is 2.84. The SMILES string of the molecule is CC(=N)N1CCC(c2ccc(NC(=O)CN(CCCCO)c3cccc(C(=N)N)c3)cc2)CC1.Cl.Cl. The number of likely N-dealkylation sites (tertiary alicyclic amines) is 1. The van der Waals surface area contributed by atoms with Gasteiger partial charge in [0.05, 0.1) is 12.4 Å². The minimum absolute atomic E-state index is 0. The number of piperidine rings is 1. The summed E-state index contributed by atoms with van der Waals surface area (Å²) in [6.45, 7) is 4.55. The summed E-state index contributed by atoms with van der Waals surface area (Å²) in [6.07, 6.45) is 3.47. The van der Waals surface area contributed by atoms with Crippen molar-refractivity contribution >= 4 is 53.8 Å². The molecule has 1 heterocycles. The van der Waals surface area contributed by atoms with Crippen LogP contribution in [-0.4, -0.2) is 60.4 Å². The molecule has 1 aliphatic heterocycles. The number of aliphatic hydroxyl groups is 1. The summed E-state index contributed by atoms with van der Waals surface area (Å²) in [4.78, 5) is 16.9. The van der Waals surface area contributed by atoms with Crippen molar-refractivity contribution < 1.29 is 9.90 Å². The number of amides is 1. The largest absolute Gasteiger partial charge is 0.396 e. The molecule has 0 aliphatic carbocycles. The van der Waals surface area contributed by atoms with E-state index in [2.05, 4.69) is 22.3 Å². The van der Waals surface area contributed by atoms with Crippen LogP contribution in [0.3, 0.4) is 0 Å². The molecule has 0 aromatic heterocycles. The van der Waals surface area contributed by atoms with Crippen LogP contribution in [0.1, 0.15) is 49.7 Å². The lowest BCUT2D eigenvalue weighted by molar-refractivity contribution is -0.115. The van der Waals surface area contributed by atoms with Gasteiger partial charge >= 0.3 is 0 Å². The Kier molecular flexibility index (Phi) is 13.3. The van der Waals surface area contributed by atoms with Gasteiger partial charge in [0, 0.05) is 43.2 Å². The third-order valence-electron chi connectivity index (χ3n) is 6.33. The molecular weight excluding hydrogens is 499 g/mol. The molecule has 8 nitrogen and oxygen atoms in total. The van der Waals surface area contributed by atoms with Crippen LogP contribution in [0.5, 0.6) is 0 Å². The van der Waals surface area contributed by atoms with E-state index in [-0.39, 0.29) is 49.7 Å². The van der Waals surface area contributed by atoms with Gasteiger partial charge in [0.25, 0.3) is 0 Å². The summed E-state index contributed by atoms with van der Waals surface area (Å²) >= 11 is 0. The summed E-state index contributed by atoms with van der Waals surface area (Å²) in [5.74, 6) is 0.978. The van der Waals surface area contributed by atoms with Gasteiger partial charge < -0.3 is 26.0 Å². The second-order valence-corrected chi connectivity index (χ2v) is 8.83. The molecule has 0 unspecified atom stereocenters. The zero-order chi connectivity index (χ0) is 24.5. The van der Waals surface area contributed by atoms with Gasteiger partial charge in [0.15, 0.2) is 0 Å². The van der Waals surface area contributed by atoms with Crippen LogP contribution >= 0.6 is 24.8 Å². The fraction of sp³-hybridized carbons (Fsp3) is 0.423. The van der Waals surface area contributed by atoms with Gasteiger partial charge in [-0.2, -0.15) is 0 Å². The Labute approximate surface area is 226 Å². The van der Waals surface area contributed by atoms with E-state index in [0.29, 0.717) is 30.3 Å². The predicted octanol–water partition coefficient (Wildman–Crippen LogP) is 4.21. The molecule has 1 amide bonds. The van der Waals surface area contributed by atoms with E-state index in [1.165, 1.54) is 5.56 Å². The monoisotopic (exact) mass is 536 g/mol. The number of nitrogen functional groups attached to an aromatic ring is 1. The number of hydrogen-bond donors (Lipinski definition) is 5. The Morgan fingerprint density at radius 2 is 1.78 bits per heavy atom.